The van der Waals surface area contributed by atoms with Gasteiger partial charge in [-0.15, -0.1) is 0 Å². The van der Waals surface area contributed by atoms with E-state index in [-0.39, 0.29) is 0 Å². The molecule has 0 saturated carbocycles. The summed E-state index contributed by atoms with van der Waals surface area (Å²) < 4.78 is 1.54. The lowest BCUT2D eigenvalue weighted by Crippen LogP contribution is -2.11. The fourth-order valence-electron chi connectivity index (χ4n) is 1.42. The molecule has 0 radical (unpaired) electrons. The van der Waals surface area contributed by atoms with E-state index >= 15 is 0 Å². The van der Waals surface area contributed by atoms with Crippen molar-refractivity contribution in [1.29, 1.82) is 0 Å². The van der Waals surface area contributed by atoms with E-state index in [0.29, 0.717) is 5.92 Å². The molecule has 1 aliphatic rings. The summed E-state index contributed by atoms with van der Waals surface area (Å²) >= 11 is 2.48. The number of halogens is 1. The highest BCUT2D eigenvalue weighted by molar-refractivity contribution is 14.1. The zero-order chi connectivity index (χ0) is 8.59. The maximum absolute atomic E-state index is 2.48. The largest absolute Gasteiger partial charge is 0.0779 e. The highest BCUT2D eigenvalue weighted by Gasteiger charge is 2.20. The standard InChI is InChI=1S/C10H15I/c1-6-5-7(2)9(4)10(11)8(6)3/h5-6,8H,1-4H3. The highest BCUT2D eigenvalue weighted by Crippen LogP contribution is 2.36. The van der Waals surface area contributed by atoms with Gasteiger partial charge in [0.25, 0.3) is 0 Å². The third-order valence-corrected chi connectivity index (χ3v) is 4.44. The Labute approximate surface area is 82.9 Å². The average Bonchev–Trinajstić information content (AvgIpc) is 1.97. The molecule has 0 aromatic carbocycles. The molecule has 2 unspecified atom stereocenters. The SMILES string of the molecule is CC1=CC(C)C(C)C(I)=C1C. The van der Waals surface area contributed by atoms with Crippen molar-refractivity contribution in [2.75, 3.05) is 0 Å². The first kappa shape index (κ1) is 9.30. The number of hydrogen-bond donors (Lipinski definition) is 0. The van der Waals surface area contributed by atoms with Gasteiger partial charge in [0.2, 0.25) is 0 Å². The van der Waals surface area contributed by atoms with Gasteiger partial charge in [0.15, 0.2) is 0 Å². The van der Waals surface area contributed by atoms with Crippen LogP contribution in [-0.2, 0) is 0 Å². The lowest BCUT2D eigenvalue weighted by Gasteiger charge is -2.25. The second-order valence-corrected chi connectivity index (χ2v) is 4.63. The Hall–Kier alpha value is 0.210. The fraction of sp³-hybridized carbons (Fsp3) is 0.600. The Balaban J connectivity index is 3.02. The maximum Gasteiger partial charge on any atom is -0.00283 e. The maximum atomic E-state index is 2.48. The fourth-order valence-corrected chi connectivity index (χ4v) is 2.42. The molecule has 1 heteroatoms. The molecule has 0 bridgehead atoms. The second-order valence-electron chi connectivity index (χ2n) is 3.47. The molecule has 11 heavy (non-hydrogen) atoms. The monoisotopic (exact) mass is 262 g/mol. The zero-order valence-corrected chi connectivity index (χ0v) is 9.77. The summed E-state index contributed by atoms with van der Waals surface area (Å²) in [7, 11) is 0. The minimum atomic E-state index is 0.714. The smallest absolute Gasteiger partial charge is 0.00283 e. The molecule has 0 aromatic rings. The van der Waals surface area contributed by atoms with Gasteiger partial charge in [-0.25, -0.2) is 0 Å². The molecule has 2 atom stereocenters. The van der Waals surface area contributed by atoms with Crippen molar-refractivity contribution >= 4 is 22.6 Å². The summed E-state index contributed by atoms with van der Waals surface area (Å²) in [5.74, 6) is 1.44. The molecule has 1 rings (SSSR count). The molecule has 0 aromatic heterocycles. The van der Waals surface area contributed by atoms with Crippen molar-refractivity contribution < 1.29 is 0 Å². The van der Waals surface area contributed by atoms with Crippen LogP contribution in [0.15, 0.2) is 20.8 Å². The van der Waals surface area contributed by atoms with Gasteiger partial charge in [-0.05, 0) is 57.4 Å². The summed E-state index contributed by atoms with van der Waals surface area (Å²) in [5.41, 5.74) is 2.94. The number of rotatable bonds is 0. The third kappa shape index (κ3) is 1.68. The van der Waals surface area contributed by atoms with Crippen LogP contribution in [0.2, 0.25) is 0 Å². The summed E-state index contributed by atoms with van der Waals surface area (Å²) in [4.78, 5) is 0. The molecule has 0 aliphatic heterocycles. The molecular formula is C10H15I. The molecule has 0 amide bonds. The Morgan fingerprint density at radius 1 is 1.27 bits per heavy atom. The van der Waals surface area contributed by atoms with Crippen LogP contribution in [0.1, 0.15) is 27.7 Å². The van der Waals surface area contributed by atoms with Crippen molar-refractivity contribution in [3.63, 3.8) is 0 Å². The van der Waals surface area contributed by atoms with Gasteiger partial charge in [0.1, 0.15) is 0 Å². The Morgan fingerprint density at radius 3 is 2.36 bits per heavy atom. The number of hydrogen-bond acceptors (Lipinski definition) is 0. The van der Waals surface area contributed by atoms with Crippen LogP contribution in [0, 0.1) is 11.8 Å². The topological polar surface area (TPSA) is 0 Å². The molecule has 0 N–H and O–H groups in total. The number of allylic oxidation sites excluding steroid dienone is 4. The predicted molar refractivity (Wildman–Crippen MR) is 58.8 cm³/mol. The first-order valence-corrected chi connectivity index (χ1v) is 5.17. The Morgan fingerprint density at radius 2 is 1.82 bits per heavy atom. The van der Waals surface area contributed by atoms with Gasteiger partial charge in [-0.2, -0.15) is 0 Å². The van der Waals surface area contributed by atoms with Gasteiger partial charge >= 0.3 is 0 Å². The van der Waals surface area contributed by atoms with Crippen molar-refractivity contribution in [1.82, 2.24) is 0 Å². The first-order valence-electron chi connectivity index (χ1n) is 4.09. The first-order chi connectivity index (χ1) is 5.04. The van der Waals surface area contributed by atoms with Gasteiger partial charge in [-0.3, -0.25) is 0 Å². The molecular weight excluding hydrogens is 247 g/mol. The van der Waals surface area contributed by atoms with Crippen LogP contribution in [0.5, 0.6) is 0 Å². The van der Waals surface area contributed by atoms with Crippen LogP contribution in [0.4, 0.5) is 0 Å². The van der Waals surface area contributed by atoms with Gasteiger partial charge in [0.05, 0.1) is 0 Å². The highest BCUT2D eigenvalue weighted by atomic mass is 127. The quantitative estimate of drug-likeness (QED) is 0.580. The molecule has 0 heterocycles. The Kier molecular flexibility index (Phi) is 2.79. The van der Waals surface area contributed by atoms with E-state index in [0.717, 1.165) is 5.92 Å². The van der Waals surface area contributed by atoms with E-state index in [1.54, 1.807) is 0 Å². The minimum absolute atomic E-state index is 0.714. The summed E-state index contributed by atoms with van der Waals surface area (Å²) in [6.45, 7) is 9.02. The zero-order valence-electron chi connectivity index (χ0n) is 7.61. The van der Waals surface area contributed by atoms with Crippen LogP contribution < -0.4 is 0 Å². The van der Waals surface area contributed by atoms with Gasteiger partial charge < -0.3 is 0 Å². The lowest BCUT2D eigenvalue weighted by molar-refractivity contribution is 0.540. The molecule has 62 valence electrons. The molecule has 0 fully saturated rings. The van der Waals surface area contributed by atoms with Crippen molar-refractivity contribution in [3.05, 3.63) is 20.8 Å². The Bertz CT molecular complexity index is 223. The molecule has 1 aliphatic carbocycles. The van der Waals surface area contributed by atoms with Crippen LogP contribution in [0.25, 0.3) is 0 Å². The molecule has 0 nitrogen and oxygen atoms in total. The van der Waals surface area contributed by atoms with Crippen LogP contribution >= 0.6 is 22.6 Å². The third-order valence-electron chi connectivity index (χ3n) is 2.65. The van der Waals surface area contributed by atoms with Crippen molar-refractivity contribution in [2.45, 2.75) is 27.7 Å². The second kappa shape index (κ2) is 3.30. The summed E-state index contributed by atoms with van der Waals surface area (Å²) in [5, 5.41) is 0. The average molecular weight is 262 g/mol. The summed E-state index contributed by atoms with van der Waals surface area (Å²) in [6, 6.07) is 0. The molecule has 0 spiro atoms. The summed E-state index contributed by atoms with van der Waals surface area (Å²) in [6.07, 6.45) is 2.38. The van der Waals surface area contributed by atoms with E-state index in [9.17, 15) is 0 Å². The van der Waals surface area contributed by atoms with E-state index in [2.05, 4.69) is 56.4 Å². The van der Waals surface area contributed by atoms with Crippen LogP contribution in [0.3, 0.4) is 0 Å². The van der Waals surface area contributed by atoms with Gasteiger partial charge in [0, 0.05) is 0 Å². The molecule has 0 saturated heterocycles. The van der Waals surface area contributed by atoms with Crippen LogP contribution in [-0.4, -0.2) is 0 Å². The lowest BCUT2D eigenvalue weighted by atomic mass is 9.85. The van der Waals surface area contributed by atoms with Crippen molar-refractivity contribution in [2.24, 2.45) is 11.8 Å². The van der Waals surface area contributed by atoms with E-state index < -0.39 is 0 Å². The van der Waals surface area contributed by atoms with E-state index in [4.69, 9.17) is 0 Å². The van der Waals surface area contributed by atoms with E-state index in [1.807, 2.05) is 0 Å². The predicted octanol–water partition coefficient (Wildman–Crippen LogP) is 3.93. The van der Waals surface area contributed by atoms with Gasteiger partial charge in [-0.1, -0.05) is 25.5 Å². The van der Waals surface area contributed by atoms with E-state index in [1.165, 1.54) is 14.7 Å². The van der Waals surface area contributed by atoms with Crippen molar-refractivity contribution in [3.8, 4) is 0 Å². The normalized spacial score (nSPS) is 32.3. The minimum Gasteiger partial charge on any atom is -0.0779 e.